The van der Waals surface area contributed by atoms with Gasteiger partial charge in [-0.05, 0) is 31.2 Å². The van der Waals surface area contributed by atoms with E-state index in [4.69, 9.17) is 13.9 Å². The molecule has 2 aromatic heterocycles. The summed E-state index contributed by atoms with van der Waals surface area (Å²) < 4.78 is 31.1. The normalized spacial score (nSPS) is 10.6. The minimum atomic E-state index is -0.892. The molecule has 0 bridgehead atoms. The first-order valence-electron chi connectivity index (χ1n) is 9.89. The fraction of sp³-hybridized carbons (Fsp3) is 0.0833. The average Bonchev–Trinajstić information content (AvgIpc) is 2.79. The van der Waals surface area contributed by atoms with Crippen LogP contribution in [-0.2, 0) is 4.74 Å². The van der Waals surface area contributed by atoms with Crippen LogP contribution in [0.25, 0.3) is 22.3 Å². The largest absolute Gasteiger partial charge is 0.456 e. The molecule has 0 spiro atoms. The van der Waals surface area contributed by atoms with Gasteiger partial charge in [-0.25, -0.2) is 14.0 Å². The van der Waals surface area contributed by atoms with Crippen LogP contribution in [0.3, 0.4) is 0 Å². The lowest BCUT2D eigenvalue weighted by Crippen LogP contribution is -2.15. The van der Waals surface area contributed by atoms with Gasteiger partial charge in [0.25, 0.3) is 0 Å². The smallest absolute Gasteiger partial charge is 0.411 e. The van der Waals surface area contributed by atoms with Gasteiger partial charge < -0.3 is 13.9 Å². The molecule has 0 atom stereocenters. The number of nitrogens with one attached hydrogen (secondary N) is 1. The van der Waals surface area contributed by atoms with Crippen molar-refractivity contribution in [3.8, 4) is 17.1 Å². The molecule has 9 heteroatoms. The maximum absolute atomic E-state index is 15.3. The molecule has 1 amide bonds. The molecule has 166 valence electrons. The second-order valence-corrected chi connectivity index (χ2v) is 6.78. The molecule has 0 aliphatic carbocycles. The van der Waals surface area contributed by atoms with Crippen LogP contribution in [0, 0.1) is 5.82 Å². The molecular weight excluding hydrogens is 431 g/mol. The number of benzene rings is 2. The van der Waals surface area contributed by atoms with Crippen molar-refractivity contribution in [2.75, 3.05) is 11.9 Å². The van der Waals surface area contributed by atoms with Crippen molar-refractivity contribution < 1.29 is 27.9 Å². The van der Waals surface area contributed by atoms with E-state index in [0.29, 0.717) is 5.39 Å². The highest BCUT2D eigenvalue weighted by molar-refractivity contribution is 5.94. The van der Waals surface area contributed by atoms with E-state index >= 15 is 4.39 Å². The number of hydrogen-bond acceptors (Lipinski definition) is 7. The lowest BCUT2D eigenvalue weighted by molar-refractivity contribution is 0.0734. The van der Waals surface area contributed by atoms with Crippen molar-refractivity contribution in [2.24, 2.45) is 0 Å². The highest BCUT2D eigenvalue weighted by Crippen LogP contribution is 2.35. The number of hydrogen-bond donors (Lipinski definition) is 1. The zero-order chi connectivity index (χ0) is 23.4. The van der Waals surface area contributed by atoms with Crippen LogP contribution in [0.5, 0.6) is 5.75 Å². The minimum absolute atomic E-state index is 0.0738. The fourth-order valence-corrected chi connectivity index (χ4v) is 3.14. The van der Waals surface area contributed by atoms with E-state index in [0.717, 1.165) is 12.1 Å². The molecule has 0 saturated carbocycles. The summed E-state index contributed by atoms with van der Waals surface area (Å²) in [5.41, 5.74) is -0.302. The first kappa shape index (κ1) is 21.7. The summed E-state index contributed by atoms with van der Waals surface area (Å²) in [6.45, 7) is 1.68. The summed E-state index contributed by atoms with van der Waals surface area (Å²) in [5.74, 6) is -1.96. The van der Waals surface area contributed by atoms with Gasteiger partial charge in [-0.15, -0.1) is 0 Å². The van der Waals surface area contributed by atoms with Gasteiger partial charge in [0, 0.05) is 30.6 Å². The number of carbonyl (C=O) groups excluding carboxylic acids is 2. The summed E-state index contributed by atoms with van der Waals surface area (Å²) >= 11 is 0. The molecule has 0 unspecified atom stereocenters. The maximum atomic E-state index is 15.3. The Kier molecular flexibility index (Phi) is 6.12. The molecule has 1 N–H and O–H groups in total. The molecular formula is C24H17FN2O6. The third-order valence-electron chi connectivity index (χ3n) is 4.56. The summed E-state index contributed by atoms with van der Waals surface area (Å²) in [7, 11) is 0. The van der Waals surface area contributed by atoms with Crippen LogP contribution in [0.1, 0.15) is 17.3 Å². The number of pyridine rings is 1. The Morgan fingerprint density at radius 3 is 2.70 bits per heavy atom. The standard InChI is InChI=1S/C24H17FN2O6/c1-2-31-24(30)27-18-11-15(32-23(29)14-6-5-9-26-13-14)10-17(25)22(18)21-12-19(28)16-7-3-4-8-20(16)33-21/h3-13H,2H2,1H3,(H,27,30). The van der Waals surface area contributed by atoms with E-state index in [2.05, 4.69) is 10.3 Å². The Morgan fingerprint density at radius 1 is 1.12 bits per heavy atom. The number of halogens is 1. The summed E-state index contributed by atoms with van der Waals surface area (Å²) in [4.78, 5) is 40.8. The average molecular weight is 448 g/mol. The Balaban J connectivity index is 1.80. The van der Waals surface area contributed by atoms with Gasteiger partial charge in [0.1, 0.15) is 22.9 Å². The Morgan fingerprint density at radius 2 is 1.94 bits per heavy atom. The monoisotopic (exact) mass is 448 g/mol. The van der Waals surface area contributed by atoms with Gasteiger partial charge in [0.2, 0.25) is 0 Å². The molecule has 0 aliphatic rings. The molecule has 2 heterocycles. The maximum Gasteiger partial charge on any atom is 0.411 e. The van der Waals surface area contributed by atoms with Crippen molar-refractivity contribution >= 4 is 28.7 Å². The van der Waals surface area contributed by atoms with Gasteiger partial charge >= 0.3 is 12.1 Å². The molecule has 0 fully saturated rings. The zero-order valence-electron chi connectivity index (χ0n) is 17.3. The van der Waals surface area contributed by atoms with E-state index in [1.807, 2.05) is 0 Å². The van der Waals surface area contributed by atoms with Crippen LogP contribution in [0.4, 0.5) is 14.9 Å². The Bertz CT molecular complexity index is 1400. The van der Waals surface area contributed by atoms with Crippen molar-refractivity contribution in [1.82, 2.24) is 4.98 Å². The van der Waals surface area contributed by atoms with Crippen molar-refractivity contribution in [2.45, 2.75) is 6.92 Å². The van der Waals surface area contributed by atoms with Gasteiger partial charge in [0.05, 0.1) is 28.8 Å². The highest BCUT2D eigenvalue weighted by atomic mass is 19.1. The summed E-state index contributed by atoms with van der Waals surface area (Å²) in [5, 5.41) is 2.73. The van der Waals surface area contributed by atoms with Crippen LogP contribution < -0.4 is 15.5 Å². The molecule has 8 nitrogen and oxygen atoms in total. The number of carbonyl (C=O) groups is 2. The first-order chi connectivity index (χ1) is 16.0. The molecule has 4 rings (SSSR count). The van der Waals surface area contributed by atoms with Gasteiger partial charge in [0.15, 0.2) is 5.43 Å². The number of esters is 1. The summed E-state index contributed by atoms with van der Waals surface area (Å²) in [6.07, 6.45) is 1.93. The molecule has 33 heavy (non-hydrogen) atoms. The number of para-hydroxylation sites is 1. The molecule has 4 aromatic rings. The third kappa shape index (κ3) is 4.72. The van der Waals surface area contributed by atoms with Crippen LogP contribution in [0.2, 0.25) is 0 Å². The predicted octanol–water partition coefficient (Wildman–Crippen LogP) is 4.78. The van der Waals surface area contributed by atoms with E-state index < -0.39 is 17.9 Å². The third-order valence-corrected chi connectivity index (χ3v) is 4.56. The number of rotatable bonds is 5. The number of nitrogens with zero attached hydrogens (tertiary/aromatic N) is 1. The van der Waals surface area contributed by atoms with E-state index in [1.54, 1.807) is 37.3 Å². The number of amides is 1. The second kappa shape index (κ2) is 9.31. The van der Waals surface area contributed by atoms with Crippen molar-refractivity contribution in [3.05, 3.63) is 88.6 Å². The number of fused-ring (bicyclic) bond motifs is 1. The number of anilines is 1. The van der Waals surface area contributed by atoms with E-state index in [9.17, 15) is 14.4 Å². The lowest BCUT2D eigenvalue weighted by atomic mass is 10.1. The van der Waals surface area contributed by atoms with Gasteiger partial charge in [-0.1, -0.05) is 12.1 Å². The molecule has 0 saturated heterocycles. The Labute approximate surface area is 186 Å². The number of ether oxygens (including phenoxy) is 2. The molecule has 0 aliphatic heterocycles. The zero-order valence-corrected chi connectivity index (χ0v) is 17.3. The van der Waals surface area contributed by atoms with Gasteiger partial charge in [-0.2, -0.15) is 0 Å². The van der Waals surface area contributed by atoms with Crippen molar-refractivity contribution in [3.63, 3.8) is 0 Å². The first-order valence-corrected chi connectivity index (χ1v) is 9.89. The molecule has 0 radical (unpaired) electrons. The topological polar surface area (TPSA) is 108 Å². The fourth-order valence-electron chi connectivity index (χ4n) is 3.14. The van der Waals surface area contributed by atoms with E-state index in [-0.39, 0.29) is 45.9 Å². The predicted molar refractivity (Wildman–Crippen MR) is 118 cm³/mol. The SMILES string of the molecule is CCOC(=O)Nc1cc(OC(=O)c2cccnc2)cc(F)c1-c1cc(=O)c2ccccc2o1. The second-order valence-electron chi connectivity index (χ2n) is 6.78. The minimum Gasteiger partial charge on any atom is -0.456 e. The van der Waals surface area contributed by atoms with Gasteiger partial charge in [-0.3, -0.25) is 15.1 Å². The van der Waals surface area contributed by atoms with Crippen LogP contribution in [-0.4, -0.2) is 23.7 Å². The lowest BCUT2D eigenvalue weighted by Gasteiger charge is -2.14. The Hall–Kier alpha value is -4.53. The van der Waals surface area contributed by atoms with E-state index in [1.165, 1.54) is 24.5 Å². The summed E-state index contributed by atoms with van der Waals surface area (Å²) in [6, 6.07) is 12.9. The van der Waals surface area contributed by atoms with Crippen molar-refractivity contribution in [1.29, 1.82) is 0 Å². The highest BCUT2D eigenvalue weighted by Gasteiger charge is 2.21. The van der Waals surface area contributed by atoms with Crippen LogP contribution in [0.15, 0.2) is 76.2 Å². The van der Waals surface area contributed by atoms with Crippen LogP contribution >= 0.6 is 0 Å². The quantitative estimate of drug-likeness (QED) is 0.346. The molecule has 2 aromatic carbocycles. The number of aromatic nitrogens is 1.